The van der Waals surface area contributed by atoms with Gasteiger partial charge in [-0.15, -0.1) is 0 Å². The Morgan fingerprint density at radius 3 is 2.88 bits per heavy atom. The Morgan fingerprint density at radius 2 is 2.35 bits per heavy atom. The van der Waals surface area contributed by atoms with Crippen molar-refractivity contribution in [2.45, 2.75) is 12.8 Å². The Bertz CT molecular complexity index is 429. The third-order valence-corrected chi connectivity index (χ3v) is 2.31. The summed E-state index contributed by atoms with van der Waals surface area (Å²) < 4.78 is 1.54. The first-order chi connectivity index (χ1) is 7.93. The van der Waals surface area contributed by atoms with Crippen LogP contribution in [0.5, 0.6) is 0 Å². The van der Waals surface area contributed by atoms with Crippen LogP contribution in [0, 0.1) is 10.1 Å². The van der Waals surface area contributed by atoms with Crippen molar-refractivity contribution in [2.75, 3.05) is 18.5 Å². The van der Waals surface area contributed by atoms with E-state index in [1.165, 1.54) is 6.33 Å². The van der Waals surface area contributed by atoms with Crippen LogP contribution >= 0.6 is 0 Å². The molecule has 94 valence electrons. The molecule has 0 spiro atoms. The summed E-state index contributed by atoms with van der Waals surface area (Å²) in [6.07, 6.45) is 1.82. The SMILES string of the molecule is CN(CCCC(=O)O)c1c([N+](=O)[O-])ncn1C. The lowest BCUT2D eigenvalue weighted by molar-refractivity contribution is -0.388. The van der Waals surface area contributed by atoms with Crippen LogP contribution in [0.4, 0.5) is 11.6 Å². The second kappa shape index (κ2) is 5.28. The maximum atomic E-state index is 10.7. The third-order valence-electron chi connectivity index (χ3n) is 2.31. The maximum absolute atomic E-state index is 10.7. The molecule has 0 aliphatic rings. The zero-order chi connectivity index (χ0) is 13.0. The molecule has 0 aromatic carbocycles. The molecule has 1 aromatic heterocycles. The highest BCUT2D eigenvalue weighted by atomic mass is 16.6. The average molecular weight is 242 g/mol. The van der Waals surface area contributed by atoms with Gasteiger partial charge in [-0.05, 0) is 16.3 Å². The number of nitrogens with zero attached hydrogens (tertiary/aromatic N) is 4. The number of aromatic nitrogens is 2. The van der Waals surface area contributed by atoms with Crippen LogP contribution < -0.4 is 4.90 Å². The van der Waals surface area contributed by atoms with E-state index in [1.807, 2.05) is 0 Å². The molecule has 1 N–H and O–H groups in total. The standard InChI is InChI=1S/C9H14N4O4/c1-11(5-3-4-7(14)15)9-8(13(16)17)10-6-12(9)2/h6H,3-5H2,1-2H3,(H,14,15). The Hall–Kier alpha value is -2.12. The van der Waals surface area contributed by atoms with Crippen molar-refractivity contribution in [1.82, 2.24) is 9.55 Å². The monoisotopic (exact) mass is 242 g/mol. The lowest BCUT2D eigenvalue weighted by Gasteiger charge is -2.17. The van der Waals surface area contributed by atoms with E-state index in [2.05, 4.69) is 4.98 Å². The molecule has 0 saturated heterocycles. The van der Waals surface area contributed by atoms with Crippen molar-refractivity contribution in [3.63, 3.8) is 0 Å². The van der Waals surface area contributed by atoms with E-state index >= 15 is 0 Å². The number of rotatable bonds is 6. The number of hydrogen-bond donors (Lipinski definition) is 1. The predicted molar refractivity (Wildman–Crippen MR) is 60.0 cm³/mol. The number of aliphatic carboxylic acids is 1. The van der Waals surface area contributed by atoms with Crippen molar-refractivity contribution < 1.29 is 14.8 Å². The molecule has 0 radical (unpaired) electrons. The third kappa shape index (κ3) is 3.16. The molecule has 0 amide bonds. The van der Waals surface area contributed by atoms with Crippen molar-refractivity contribution in [2.24, 2.45) is 7.05 Å². The molecule has 0 aliphatic heterocycles. The van der Waals surface area contributed by atoms with Crippen molar-refractivity contribution in [1.29, 1.82) is 0 Å². The van der Waals surface area contributed by atoms with Gasteiger partial charge in [0, 0.05) is 27.1 Å². The molecule has 1 aromatic rings. The van der Waals surface area contributed by atoms with Gasteiger partial charge in [0.2, 0.25) is 12.1 Å². The van der Waals surface area contributed by atoms with Crippen molar-refractivity contribution in [3.05, 3.63) is 16.4 Å². The van der Waals surface area contributed by atoms with Crippen LogP contribution in [0.1, 0.15) is 12.8 Å². The molecular weight excluding hydrogens is 228 g/mol. The highest BCUT2D eigenvalue weighted by molar-refractivity contribution is 5.66. The molecule has 0 fully saturated rings. The number of nitro groups is 1. The van der Waals surface area contributed by atoms with Crippen LogP contribution in [0.2, 0.25) is 0 Å². The minimum Gasteiger partial charge on any atom is -0.481 e. The van der Waals surface area contributed by atoms with Gasteiger partial charge in [-0.25, -0.2) is 0 Å². The summed E-state index contributed by atoms with van der Waals surface area (Å²) >= 11 is 0. The maximum Gasteiger partial charge on any atom is 0.406 e. The quantitative estimate of drug-likeness (QED) is 0.579. The van der Waals surface area contributed by atoms with Crippen LogP contribution in [0.15, 0.2) is 6.33 Å². The molecule has 0 unspecified atom stereocenters. The van der Waals surface area contributed by atoms with E-state index in [4.69, 9.17) is 5.11 Å². The fraction of sp³-hybridized carbons (Fsp3) is 0.556. The fourth-order valence-electron chi connectivity index (χ4n) is 1.55. The molecule has 0 saturated carbocycles. The highest BCUT2D eigenvalue weighted by Gasteiger charge is 2.23. The van der Waals surface area contributed by atoms with E-state index in [1.54, 1.807) is 23.6 Å². The Morgan fingerprint density at radius 1 is 1.71 bits per heavy atom. The molecule has 0 bridgehead atoms. The number of carboxylic acid groups (broad SMARTS) is 1. The first kappa shape index (κ1) is 12.9. The van der Waals surface area contributed by atoms with Gasteiger partial charge in [0.05, 0.1) is 0 Å². The van der Waals surface area contributed by atoms with Gasteiger partial charge in [-0.3, -0.25) is 9.36 Å². The van der Waals surface area contributed by atoms with Gasteiger partial charge < -0.3 is 20.1 Å². The van der Waals surface area contributed by atoms with Gasteiger partial charge in [0.25, 0.3) is 0 Å². The lowest BCUT2D eigenvalue weighted by Crippen LogP contribution is -2.22. The van der Waals surface area contributed by atoms with E-state index in [-0.39, 0.29) is 12.2 Å². The van der Waals surface area contributed by atoms with Gasteiger partial charge >= 0.3 is 11.8 Å². The van der Waals surface area contributed by atoms with Crippen LogP contribution in [-0.2, 0) is 11.8 Å². The summed E-state index contributed by atoms with van der Waals surface area (Å²) in [6.45, 7) is 0.423. The van der Waals surface area contributed by atoms with Gasteiger partial charge in [0.1, 0.15) is 0 Å². The number of hydrogen-bond acceptors (Lipinski definition) is 5. The lowest BCUT2D eigenvalue weighted by atomic mass is 10.3. The number of imidazole rings is 1. The predicted octanol–water partition coefficient (Wildman–Crippen LogP) is 0.629. The van der Waals surface area contributed by atoms with Crippen LogP contribution in [0.25, 0.3) is 0 Å². The van der Waals surface area contributed by atoms with E-state index in [0.29, 0.717) is 18.8 Å². The summed E-state index contributed by atoms with van der Waals surface area (Å²) in [6, 6.07) is 0. The average Bonchev–Trinajstić information content (AvgIpc) is 2.59. The zero-order valence-corrected chi connectivity index (χ0v) is 9.66. The number of carbonyl (C=O) groups is 1. The topological polar surface area (TPSA) is 102 Å². The Kier molecular flexibility index (Phi) is 4.02. The van der Waals surface area contributed by atoms with Crippen LogP contribution in [0.3, 0.4) is 0 Å². The first-order valence-electron chi connectivity index (χ1n) is 5.02. The van der Waals surface area contributed by atoms with Gasteiger partial charge in [-0.1, -0.05) is 0 Å². The molecule has 8 nitrogen and oxygen atoms in total. The molecule has 1 heterocycles. The number of carboxylic acids is 1. The fourth-order valence-corrected chi connectivity index (χ4v) is 1.55. The molecule has 1 rings (SSSR count). The second-order valence-electron chi connectivity index (χ2n) is 3.68. The van der Waals surface area contributed by atoms with Gasteiger partial charge in [0.15, 0.2) is 0 Å². The summed E-state index contributed by atoms with van der Waals surface area (Å²) in [7, 11) is 3.33. The Labute approximate surface area is 97.6 Å². The summed E-state index contributed by atoms with van der Waals surface area (Å²) in [5, 5.41) is 19.2. The Balaban J connectivity index is 2.74. The number of anilines is 1. The number of aryl methyl sites for hydroxylation is 1. The highest BCUT2D eigenvalue weighted by Crippen LogP contribution is 2.24. The molecule has 17 heavy (non-hydrogen) atoms. The largest absolute Gasteiger partial charge is 0.481 e. The summed E-state index contributed by atoms with van der Waals surface area (Å²) in [4.78, 5) is 25.9. The molecule has 0 aliphatic carbocycles. The molecule has 0 atom stereocenters. The smallest absolute Gasteiger partial charge is 0.406 e. The first-order valence-corrected chi connectivity index (χ1v) is 5.02. The van der Waals surface area contributed by atoms with Gasteiger partial charge in [-0.2, -0.15) is 0 Å². The summed E-state index contributed by atoms with van der Waals surface area (Å²) in [5.41, 5.74) is 0. The normalized spacial score (nSPS) is 10.2. The van der Waals surface area contributed by atoms with E-state index < -0.39 is 10.9 Å². The second-order valence-corrected chi connectivity index (χ2v) is 3.68. The van der Waals surface area contributed by atoms with E-state index in [0.717, 1.165) is 0 Å². The van der Waals surface area contributed by atoms with Crippen molar-refractivity contribution in [3.8, 4) is 0 Å². The van der Waals surface area contributed by atoms with Crippen molar-refractivity contribution >= 4 is 17.6 Å². The molecule has 8 heteroatoms. The minimum atomic E-state index is -0.877. The summed E-state index contributed by atoms with van der Waals surface area (Å²) in [5.74, 6) is -0.719. The zero-order valence-electron chi connectivity index (χ0n) is 9.66. The van der Waals surface area contributed by atoms with Crippen LogP contribution in [-0.4, -0.2) is 39.1 Å². The molecular formula is C9H14N4O4. The van der Waals surface area contributed by atoms with E-state index in [9.17, 15) is 14.9 Å². The minimum absolute atomic E-state index is 0.0377.